The molecule has 294 valence electrons. The molecule has 0 aromatic heterocycles. The van der Waals surface area contributed by atoms with Crippen LogP contribution in [0.4, 0.5) is 34.1 Å². The number of benzene rings is 10. The Bertz CT molecular complexity index is 3090. The molecular formula is C58H46B2N2. The highest BCUT2D eigenvalue weighted by molar-refractivity contribution is 6.99. The van der Waals surface area contributed by atoms with E-state index in [1.54, 1.807) is 0 Å². The molecule has 4 heteroatoms. The Labute approximate surface area is 365 Å². The van der Waals surface area contributed by atoms with Crippen LogP contribution in [-0.2, 0) is 0 Å². The summed E-state index contributed by atoms with van der Waals surface area (Å²) in [6, 6.07) is 72.8. The first-order valence-corrected chi connectivity index (χ1v) is 22.3. The quantitative estimate of drug-likeness (QED) is 0.122. The molecule has 0 unspecified atom stereocenters. The van der Waals surface area contributed by atoms with Gasteiger partial charge in [0.1, 0.15) is 0 Å². The van der Waals surface area contributed by atoms with E-state index < -0.39 is 0 Å². The van der Waals surface area contributed by atoms with Gasteiger partial charge in [0.2, 0.25) is 13.4 Å². The lowest BCUT2D eigenvalue weighted by Crippen LogP contribution is -2.58. The molecule has 0 atom stereocenters. The van der Waals surface area contributed by atoms with Gasteiger partial charge in [-0.15, -0.1) is 0 Å². The van der Waals surface area contributed by atoms with Crippen molar-refractivity contribution in [2.75, 3.05) is 9.80 Å². The highest BCUT2D eigenvalue weighted by Gasteiger charge is 2.42. The Morgan fingerprint density at radius 2 is 0.661 bits per heavy atom. The van der Waals surface area contributed by atoms with E-state index in [0.717, 1.165) is 0 Å². The summed E-state index contributed by atoms with van der Waals surface area (Å²) in [6.45, 7) is 9.75. The van der Waals surface area contributed by atoms with Gasteiger partial charge in [-0.25, -0.2) is 0 Å². The summed E-state index contributed by atoms with van der Waals surface area (Å²) in [5.74, 6) is 0.520. The van der Waals surface area contributed by atoms with Crippen LogP contribution in [0.3, 0.4) is 0 Å². The number of hydrogen-bond donors (Lipinski definition) is 0. The fraction of sp³-hybridized carbons (Fsp3) is 0.103. The topological polar surface area (TPSA) is 6.48 Å². The standard InChI is InChI=1S/C58H46B2N2/c1-37(2)51-43-33-35-46-54-44(52(38(3)4)56-58(46)62(42-27-15-8-16-28-42)50-32-20-18-30-48(50)60(56)40-23-11-6-12-24-40)34-36-45(53(43)54)57-55(51)59(39-21-9-5-10-22-39)47-29-17-19-31-49(47)61(57)41-25-13-7-14-26-41/h5-38H,1-4H3. The van der Waals surface area contributed by atoms with Gasteiger partial charge in [-0.2, -0.15) is 0 Å². The van der Waals surface area contributed by atoms with E-state index in [2.05, 4.69) is 232 Å². The number of nitrogens with zero attached hydrogens (tertiary/aromatic N) is 2. The normalized spacial score (nSPS) is 13.3. The molecule has 10 aromatic rings. The van der Waals surface area contributed by atoms with E-state index in [9.17, 15) is 0 Å². The van der Waals surface area contributed by atoms with Gasteiger partial charge in [-0.1, -0.05) is 196 Å². The molecule has 0 spiro atoms. The average molecular weight is 793 g/mol. The van der Waals surface area contributed by atoms with Crippen molar-refractivity contribution >= 4 is 113 Å². The van der Waals surface area contributed by atoms with Gasteiger partial charge < -0.3 is 9.80 Å². The van der Waals surface area contributed by atoms with Crippen LogP contribution in [0.1, 0.15) is 50.7 Å². The summed E-state index contributed by atoms with van der Waals surface area (Å²) < 4.78 is 0. The molecule has 0 amide bonds. The van der Waals surface area contributed by atoms with E-state index in [1.807, 2.05) is 0 Å². The zero-order valence-electron chi connectivity index (χ0n) is 35.7. The summed E-state index contributed by atoms with van der Waals surface area (Å²) in [7, 11) is 0. The zero-order valence-corrected chi connectivity index (χ0v) is 35.7. The number of fused-ring (bicyclic) bond motifs is 6. The highest BCUT2D eigenvalue weighted by atomic mass is 15.2. The first kappa shape index (κ1) is 36.8. The molecule has 2 aliphatic rings. The fourth-order valence-electron chi connectivity index (χ4n) is 11.6. The molecule has 62 heavy (non-hydrogen) atoms. The molecule has 0 saturated heterocycles. The number of hydrogen-bond acceptors (Lipinski definition) is 2. The molecule has 2 nitrogen and oxygen atoms in total. The zero-order chi connectivity index (χ0) is 41.6. The summed E-state index contributed by atoms with van der Waals surface area (Å²) in [5, 5.41) is 8.04. The van der Waals surface area contributed by atoms with Crippen LogP contribution in [0.15, 0.2) is 194 Å². The van der Waals surface area contributed by atoms with E-state index in [-0.39, 0.29) is 25.3 Å². The van der Waals surface area contributed by atoms with E-state index in [4.69, 9.17) is 0 Å². The lowest BCUT2D eigenvalue weighted by atomic mass is 9.33. The Morgan fingerprint density at radius 1 is 0.339 bits per heavy atom. The van der Waals surface area contributed by atoms with Gasteiger partial charge >= 0.3 is 0 Å². The second-order valence-electron chi connectivity index (χ2n) is 17.9. The molecule has 0 aliphatic carbocycles. The van der Waals surface area contributed by atoms with Crippen molar-refractivity contribution in [3.8, 4) is 0 Å². The molecular weight excluding hydrogens is 746 g/mol. The largest absolute Gasteiger partial charge is 0.311 e. The summed E-state index contributed by atoms with van der Waals surface area (Å²) >= 11 is 0. The van der Waals surface area contributed by atoms with Crippen molar-refractivity contribution in [1.29, 1.82) is 0 Å². The molecule has 2 heterocycles. The maximum atomic E-state index is 2.58. The minimum atomic E-state index is 0.0670. The molecule has 0 radical (unpaired) electrons. The van der Waals surface area contributed by atoms with Crippen molar-refractivity contribution in [3.63, 3.8) is 0 Å². The molecule has 0 bridgehead atoms. The van der Waals surface area contributed by atoms with Crippen LogP contribution >= 0.6 is 0 Å². The Morgan fingerprint density at radius 3 is 1.03 bits per heavy atom. The molecule has 0 saturated carbocycles. The second-order valence-corrected chi connectivity index (χ2v) is 17.9. The summed E-state index contributed by atoms with van der Waals surface area (Å²) in [5.41, 5.74) is 18.4. The van der Waals surface area contributed by atoms with Gasteiger partial charge in [0.15, 0.2) is 0 Å². The Hall–Kier alpha value is -7.03. The van der Waals surface area contributed by atoms with Crippen molar-refractivity contribution < 1.29 is 0 Å². The van der Waals surface area contributed by atoms with Gasteiger partial charge in [0.25, 0.3) is 0 Å². The molecule has 0 fully saturated rings. The van der Waals surface area contributed by atoms with E-state index in [1.165, 1.54) is 110 Å². The predicted molar refractivity (Wildman–Crippen MR) is 270 cm³/mol. The van der Waals surface area contributed by atoms with Gasteiger partial charge in [-0.3, -0.25) is 0 Å². The second kappa shape index (κ2) is 14.3. The van der Waals surface area contributed by atoms with Crippen LogP contribution < -0.4 is 42.6 Å². The third kappa shape index (κ3) is 5.26. The maximum Gasteiger partial charge on any atom is 0.247 e. The van der Waals surface area contributed by atoms with Crippen molar-refractivity contribution in [1.82, 2.24) is 0 Å². The smallest absolute Gasteiger partial charge is 0.247 e. The Kier molecular flexibility index (Phi) is 8.47. The van der Waals surface area contributed by atoms with Gasteiger partial charge in [0, 0.05) is 44.9 Å². The van der Waals surface area contributed by atoms with Crippen molar-refractivity contribution in [2.24, 2.45) is 0 Å². The predicted octanol–water partition coefficient (Wildman–Crippen LogP) is 11.4. The number of para-hydroxylation sites is 4. The van der Waals surface area contributed by atoms with Crippen molar-refractivity contribution in [3.05, 3.63) is 205 Å². The van der Waals surface area contributed by atoms with Crippen LogP contribution in [0.2, 0.25) is 0 Å². The van der Waals surface area contributed by atoms with E-state index >= 15 is 0 Å². The monoisotopic (exact) mass is 792 g/mol. The van der Waals surface area contributed by atoms with Crippen LogP contribution in [0, 0.1) is 0 Å². The van der Waals surface area contributed by atoms with E-state index in [0.29, 0.717) is 0 Å². The first-order chi connectivity index (χ1) is 30.5. The number of anilines is 6. The van der Waals surface area contributed by atoms with Gasteiger partial charge in [0.05, 0.1) is 0 Å². The lowest BCUT2D eigenvalue weighted by Gasteiger charge is -2.42. The van der Waals surface area contributed by atoms with Crippen LogP contribution in [0.5, 0.6) is 0 Å². The minimum Gasteiger partial charge on any atom is -0.311 e. The molecule has 12 rings (SSSR count). The Balaban J connectivity index is 1.30. The summed E-state index contributed by atoms with van der Waals surface area (Å²) in [6.07, 6.45) is 0. The first-order valence-electron chi connectivity index (χ1n) is 22.3. The lowest BCUT2D eigenvalue weighted by molar-refractivity contribution is 0.881. The average Bonchev–Trinajstić information content (AvgIpc) is 3.32. The molecule has 10 aromatic carbocycles. The maximum absolute atomic E-state index is 2.58. The third-order valence-corrected chi connectivity index (χ3v) is 13.8. The SMILES string of the molecule is CC(C)c1c2c(c3ccc4c(C(C)C)c5c(c6ccc1c3c46)N(c1ccccc1)c1ccccc1B5c1ccccc1)N(c1ccccc1)c1ccccc1B2c1ccccc1. The van der Waals surface area contributed by atoms with Crippen LogP contribution in [0.25, 0.3) is 32.3 Å². The third-order valence-electron chi connectivity index (χ3n) is 13.8. The molecule has 2 aliphatic heterocycles. The highest BCUT2D eigenvalue weighted by Crippen LogP contribution is 2.51. The van der Waals surface area contributed by atoms with Gasteiger partial charge in [-0.05, 0) is 103 Å². The fourth-order valence-corrected chi connectivity index (χ4v) is 11.6. The van der Waals surface area contributed by atoms with Crippen molar-refractivity contribution in [2.45, 2.75) is 39.5 Å². The summed E-state index contributed by atoms with van der Waals surface area (Å²) in [4.78, 5) is 5.16. The van der Waals surface area contributed by atoms with Crippen LogP contribution in [-0.4, -0.2) is 13.4 Å². The minimum absolute atomic E-state index is 0.0670. The molecule has 0 N–H and O–H groups in total. The number of rotatable bonds is 6.